The lowest BCUT2D eigenvalue weighted by atomic mass is 10.1. The smallest absolute Gasteiger partial charge is 0.416 e. The zero-order valence-electron chi connectivity index (χ0n) is 12.1. The number of aromatic carboxylic acids is 1. The summed E-state index contributed by atoms with van der Waals surface area (Å²) in [5, 5.41) is 11.0. The quantitative estimate of drug-likeness (QED) is 0.821. The van der Waals surface area contributed by atoms with Gasteiger partial charge < -0.3 is 10.4 Å². The summed E-state index contributed by atoms with van der Waals surface area (Å²) in [7, 11) is 0. The predicted octanol–water partition coefficient (Wildman–Crippen LogP) is 4.87. The van der Waals surface area contributed by atoms with E-state index in [0.717, 1.165) is 23.9 Å². The number of para-hydroxylation sites is 1. The van der Waals surface area contributed by atoms with E-state index in [4.69, 9.17) is 5.11 Å². The van der Waals surface area contributed by atoms with Crippen LogP contribution in [0, 0.1) is 0 Å². The van der Waals surface area contributed by atoms with Crippen LogP contribution in [0.15, 0.2) is 48.5 Å². The summed E-state index contributed by atoms with van der Waals surface area (Å²) in [5.41, 5.74) is -0.0818. The lowest BCUT2D eigenvalue weighted by molar-refractivity contribution is -0.137. The number of thioether (sulfide) groups is 1. The lowest BCUT2D eigenvalue weighted by Crippen LogP contribution is -2.10. The van der Waals surface area contributed by atoms with Gasteiger partial charge in [-0.15, -0.1) is 0 Å². The number of hydrogen-bond donors (Lipinski definition) is 2. The van der Waals surface area contributed by atoms with Crippen molar-refractivity contribution in [1.29, 1.82) is 0 Å². The third-order valence-electron chi connectivity index (χ3n) is 3.05. The van der Waals surface area contributed by atoms with E-state index in [0.29, 0.717) is 5.56 Å². The van der Waals surface area contributed by atoms with Crippen molar-refractivity contribution in [1.82, 2.24) is 0 Å². The molecule has 2 rings (SSSR count). The Bertz CT molecular complexity index is 745. The molecule has 24 heavy (non-hydrogen) atoms. The van der Waals surface area contributed by atoms with E-state index in [1.54, 1.807) is 6.07 Å². The van der Waals surface area contributed by atoms with Crippen molar-refractivity contribution in [2.24, 2.45) is 0 Å². The van der Waals surface area contributed by atoms with Crippen LogP contribution >= 0.6 is 11.8 Å². The number of carboxylic acid groups (broad SMARTS) is 1. The Kier molecular flexibility index (Phi) is 5.50. The van der Waals surface area contributed by atoms with Crippen molar-refractivity contribution in [3.63, 3.8) is 0 Å². The number of rotatable bonds is 4. The maximum absolute atomic E-state index is 12.5. The average Bonchev–Trinajstić information content (AvgIpc) is 2.53. The van der Waals surface area contributed by atoms with Gasteiger partial charge in [0.1, 0.15) is 0 Å². The van der Waals surface area contributed by atoms with Crippen molar-refractivity contribution in [2.75, 3.05) is 5.32 Å². The van der Waals surface area contributed by atoms with Gasteiger partial charge in [-0.25, -0.2) is 4.79 Å². The van der Waals surface area contributed by atoms with Crippen molar-refractivity contribution >= 4 is 28.7 Å². The molecular weight excluding hydrogens is 343 g/mol. The van der Waals surface area contributed by atoms with Crippen LogP contribution in [0.5, 0.6) is 0 Å². The summed E-state index contributed by atoms with van der Waals surface area (Å²) in [5.74, 6) is -1.00. The third kappa shape index (κ3) is 4.76. The molecule has 1 amide bonds. The van der Waals surface area contributed by atoms with E-state index in [9.17, 15) is 22.8 Å². The number of carbonyl (C=O) groups is 2. The molecule has 4 nitrogen and oxygen atoms in total. The van der Waals surface area contributed by atoms with Crippen LogP contribution in [0.1, 0.15) is 21.5 Å². The summed E-state index contributed by atoms with van der Waals surface area (Å²) in [6.07, 6.45) is -4.40. The second kappa shape index (κ2) is 7.39. The zero-order chi connectivity index (χ0) is 17.7. The highest BCUT2D eigenvalue weighted by molar-refractivity contribution is 8.13. The summed E-state index contributed by atoms with van der Waals surface area (Å²) in [6, 6.07) is 10.4. The zero-order valence-corrected chi connectivity index (χ0v) is 12.9. The van der Waals surface area contributed by atoms with Gasteiger partial charge in [-0.2, -0.15) is 13.2 Å². The SMILES string of the molecule is O=C(Nc1ccccc1C(=O)O)SCc1ccc(C(F)(F)F)cc1. The number of benzene rings is 2. The summed E-state index contributed by atoms with van der Waals surface area (Å²) in [6.45, 7) is 0. The molecule has 0 aliphatic rings. The van der Waals surface area contributed by atoms with Gasteiger partial charge in [-0.05, 0) is 29.8 Å². The molecule has 0 radical (unpaired) electrons. The first kappa shape index (κ1) is 17.9. The number of alkyl halides is 3. The monoisotopic (exact) mass is 355 g/mol. The van der Waals surface area contributed by atoms with Crippen LogP contribution in [0.2, 0.25) is 0 Å². The molecule has 0 saturated carbocycles. The van der Waals surface area contributed by atoms with E-state index < -0.39 is 22.9 Å². The molecule has 0 aromatic heterocycles. The van der Waals surface area contributed by atoms with Crippen LogP contribution in [-0.2, 0) is 11.9 Å². The van der Waals surface area contributed by atoms with Crippen molar-refractivity contribution in [3.05, 3.63) is 65.2 Å². The Labute approximate surface area is 139 Å². The maximum atomic E-state index is 12.5. The van der Waals surface area contributed by atoms with Crippen LogP contribution in [0.3, 0.4) is 0 Å². The van der Waals surface area contributed by atoms with Gasteiger partial charge in [0.2, 0.25) is 0 Å². The molecule has 126 valence electrons. The van der Waals surface area contributed by atoms with Crippen LogP contribution in [0.4, 0.5) is 23.7 Å². The Morgan fingerprint density at radius 2 is 1.67 bits per heavy atom. The second-order valence-corrected chi connectivity index (χ2v) is 5.69. The minimum absolute atomic E-state index is 0.0408. The van der Waals surface area contributed by atoms with E-state index >= 15 is 0 Å². The molecule has 0 heterocycles. The first-order valence-corrected chi connectivity index (χ1v) is 7.68. The minimum Gasteiger partial charge on any atom is -0.478 e. The Balaban J connectivity index is 1.96. The molecule has 0 atom stereocenters. The second-order valence-electron chi connectivity index (χ2n) is 4.75. The molecule has 2 aromatic carbocycles. The van der Waals surface area contributed by atoms with Gasteiger partial charge in [-0.1, -0.05) is 36.0 Å². The number of nitrogens with one attached hydrogen (secondary N) is 1. The first-order valence-electron chi connectivity index (χ1n) is 6.69. The topological polar surface area (TPSA) is 66.4 Å². The number of amides is 1. The number of carboxylic acids is 1. The molecule has 8 heteroatoms. The van der Waals surface area contributed by atoms with Crippen molar-refractivity contribution < 1.29 is 27.9 Å². The maximum Gasteiger partial charge on any atom is 0.416 e. The van der Waals surface area contributed by atoms with Gasteiger partial charge in [0.25, 0.3) is 5.24 Å². The average molecular weight is 355 g/mol. The van der Waals surface area contributed by atoms with E-state index in [1.807, 2.05) is 0 Å². The molecule has 2 N–H and O–H groups in total. The number of carbonyl (C=O) groups excluding carboxylic acids is 1. The van der Waals surface area contributed by atoms with E-state index in [1.165, 1.54) is 30.3 Å². The van der Waals surface area contributed by atoms with Gasteiger partial charge in [0.15, 0.2) is 0 Å². The number of halogens is 3. The Morgan fingerprint density at radius 1 is 1.04 bits per heavy atom. The molecule has 0 unspecified atom stereocenters. The molecule has 0 bridgehead atoms. The molecule has 0 fully saturated rings. The van der Waals surface area contributed by atoms with Gasteiger partial charge in [0.05, 0.1) is 16.8 Å². The fourth-order valence-electron chi connectivity index (χ4n) is 1.86. The summed E-state index contributed by atoms with van der Waals surface area (Å²) >= 11 is 0.834. The molecule has 0 saturated heterocycles. The lowest BCUT2D eigenvalue weighted by Gasteiger charge is -2.09. The highest BCUT2D eigenvalue weighted by Gasteiger charge is 2.29. The van der Waals surface area contributed by atoms with Crippen LogP contribution in [0.25, 0.3) is 0 Å². The van der Waals surface area contributed by atoms with Crippen molar-refractivity contribution in [2.45, 2.75) is 11.9 Å². The van der Waals surface area contributed by atoms with Gasteiger partial charge in [0, 0.05) is 5.75 Å². The Morgan fingerprint density at radius 3 is 2.25 bits per heavy atom. The van der Waals surface area contributed by atoms with E-state index in [-0.39, 0.29) is 17.0 Å². The minimum atomic E-state index is -4.40. The number of hydrogen-bond acceptors (Lipinski definition) is 3. The van der Waals surface area contributed by atoms with E-state index in [2.05, 4.69) is 5.32 Å². The van der Waals surface area contributed by atoms with Crippen molar-refractivity contribution in [3.8, 4) is 0 Å². The summed E-state index contributed by atoms with van der Waals surface area (Å²) in [4.78, 5) is 22.9. The van der Waals surface area contributed by atoms with Crippen LogP contribution < -0.4 is 5.32 Å². The molecule has 2 aromatic rings. The largest absolute Gasteiger partial charge is 0.478 e. The molecule has 0 aliphatic carbocycles. The predicted molar refractivity (Wildman–Crippen MR) is 85.2 cm³/mol. The third-order valence-corrected chi connectivity index (χ3v) is 3.89. The highest BCUT2D eigenvalue weighted by Crippen LogP contribution is 2.29. The van der Waals surface area contributed by atoms with Gasteiger partial charge in [-0.3, -0.25) is 4.79 Å². The van der Waals surface area contributed by atoms with Gasteiger partial charge >= 0.3 is 12.1 Å². The fourth-order valence-corrected chi connectivity index (χ4v) is 2.54. The number of anilines is 1. The van der Waals surface area contributed by atoms with Crippen LogP contribution in [-0.4, -0.2) is 16.3 Å². The summed E-state index contributed by atoms with van der Waals surface area (Å²) < 4.78 is 37.4. The fraction of sp³-hybridized carbons (Fsp3) is 0.125. The Hall–Kier alpha value is -2.48. The standard InChI is InChI=1S/C16H12F3NO3S/c17-16(18,19)11-7-5-10(6-8-11)9-24-15(23)20-13-4-2-1-3-12(13)14(21)22/h1-8H,9H2,(H,20,23)(H,21,22). The first-order chi connectivity index (χ1) is 11.3. The highest BCUT2D eigenvalue weighted by atomic mass is 32.2. The molecule has 0 aliphatic heterocycles. The molecular formula is C16H12F3NO3S. The normalized spacial score (nSPS) is 11.1. The molecule has 0 spiro atoms.